The van der Waals surface area contributed by atoms with Crippen LogP contribution in [0.5, 0.6) is 5.75 Å². The van der Waals surface area contributed by atoms with Gasteiger partial charge in [0, 0.05) is 22.8 Å². The van der Waals surface area contributed by atoms with Gasteiger partial charge in [-0.3, -0.25) is 14.9 Å². The molecule has 3 rings (SSSR count). The van der Waals surface area contributed by atoms with Gasteiger partial charge in [0.1, 0.15) is 12.4 Å². The summed E-state index contributed by atoms with van der Waals surface area (Å²) in [5.41, 5.74) is 4.89. The summed E-state index contributed by atoms with van der Waals surface area (Å²) >= 11 is 5.82. The van der Waals surface area contributed by atoms with Gasteiger partial charge in [-0.2, -0.15) is 5.10 Å². The molecule has 9 heteroatoms. The Labute approximate surface area is 183 Å². The van der Waals surface area contributed by atoms with Crippen molar-refractivity contribution in [3.05, 3.63) is 99.1 Å². The Bertz CT molecular complexity index is 1050. The first-order valence-electron chi connectivity index (χ1n) is 9.27. The Morgan fingerprint density at radius 1 is 1.03 bits per heavy atom. The van der Waals surface area contributed by atoms with Crippen LogP contribution in [0.1, 0.15) is 11.1 Å². The highest BCUT2D eigenvalue weighted by atomic mass is 35.5. The molecule has 0 atom stereocenters. The van der Waals surface area contributed by atoms with Gasteiger partial charge in [0.15, 0.2) is 0 Å². The number of ether oxygens (including phenoxy) is 1. The van der Waals surface area contributed by atoms with E-state index in [1.54, 1.807) is 60.7 Å². The molecule has 0 saturated heterocycles. The highest BCUT2D eigenvalue weighted by molar-refractivity contribution is 6.30. The zero-order chi connectivity index (χ0) is 22.1. The molecule has 0 aromatic heterocycles. The van der Waals surface area contributed by atoms with E-state index in [2.05, 4.69) is 15.8 Å². The average Bonchev–Trinajstić information content (AvgIpc) is 2.78. The number of nitrogens with zero attached hydrogens (tertiary/aromatic N) is 2. The monoisotopic (exact) mass is 438 g/mol. The summed E-state index contributed by atoms with van der Waals surface area (Å²) in [7, 11) is 0. The van der Waals surface area contributed by atoms with Gasteiger partial charge in [0.25, 0.3) is 11.6 Å². The predicted octanol–water partition coefficient (Wildman–Crippen LogP) is 4.39. The number of nitrogens with one attached hydrogen (secondary N) is 2. The maximum Gasteiger partial charge on any atom is 0.269 e. The highest BCUT2D eigenvalue weighted by Gasteiger charge is 2.04. The Morgan fingerprint density at radius 2 is 1.71 bits per heavy atom. The van der Waals surface area contributed by atoms with E-state index >= 15 is 0 Å². The fourth-order valence-electron chi connectivity index (χ4n) is 2.50. The first-order chi connectivity index (χ1) is 15.0. The summed E-state index contributed by atoms with van der Waals surface area (Å²) in [6.07, 6.45) is 1.53. The second-order valence-electron chi connectivity index (χ2n) is 6.43. The largest absolute Gasteiger partial charge is 0.489 e. The summed E-state index contributed by atoms with van der Waals surface area (Å²) in [5, 5.41) is 18.2. The van der Waals surface area contributed by atoms with Crippen molar-refractivity contribution in [2.75, 3.05) is 11.9 Å². The van der Waals surface area contributed by atoms with Crippen molar-refractivity contribution in [1.29, 1.82) is 0 Å². The maximum atomic E-state index is 11.8. The summed E-state index contributed by atoms with van der Waals surface area (Å²) < 4.78 is 5.67. The molecular weight excluding hydrogens is 420 g/mol. The number of nitro groups is 1. The molecule has 0 heterocycles. The highest BCUT2D eigenvalue weighted by Crippen LogP contribution is 2.16. The number of benzene rings is 3. The van der Waals surface area contributed by atoms with Gasteiger partial charge in [-0.1, -0.05) is 11.6 Å². The fraction of sp³-hybridized carbons (Fsp3) is 0.0909. The number of hydrogen-bond donors (Lipinski definition) is 2. The third kappa shape index (κ3) is 7.13. The molecule has 0 unspecified atom stereocenters. The molecule has 3 aromatic rings. The number of anilines is 1. The van der Waals surface area contributed by atoms with Gasteiger partial charge in [-0.25, -0.2) is 5.43 Å². The molecule has 0 radical (unpaired) electrons. The zero-order valence-electron chi connectivity index (χ0n) is 16.3. The van der Waals surface area contributed by atoms with E-state index in [0.717, 1.165) is 16.8 Å². The second-order valence-corrected chi connectivity index (χ2v) is 6.87. The van der Waals surface area contributed by atoms with Crippen LogP contribution in [0, 0.1) is 10.1 Å². The van der Waals surface area contributed by atoms with E-state index in [1.165, 1.54) is 18.3 Å². The molecule has 31 heavy (non-hydrogen) atoms. The van der Waals surface area contributed by atoms with Gasteiger partial charge in [0.2, 0.25) is 0 Å². The third-order valence-corrected chi connectivity index (χ3v) is 4.38. The molecule has 0 spiro atoms. The number of nitro benzene ring substituents is 1. The zero-order valence-corrected chi connectivity index (χ0v) is 17.1. The van der Waals surface area contributed by atoms with Crippen molar-refractivity contribution in [2.24, 2.45) is 5.10 Å². The lowest BCUT2D eigenvalue weighted by molar-refractivity contribution is -0.384. The lowest BCUT2D eigenvalue weighted by Crippen LogP contribution is -2.25. The lowest BCUT2D eigenvalue weighted by atomic mass is 10.2. The number of amides is 1. The van der Waals surface area contributed by atoms with Gasteiger partial charge in [-0.15, -0.1) is 0 Å². The van der Waals surface area contributed by atoms with E-state index < -0.39 is 4.92 Å². The molecule has 0 aliphatic rings. The van der Waals surface area contributed by atoms with E-state index in [4.69, 9.17) is 16.3 Å². The normalized spacial score (nSPS) is 10.6. The number of carbonyl (C=O) groups is 1. The van der Waals surface area contributed by atoms with Crippen LogP contribution in [0.2, 0.25) is 5.02 Å². The van der Waals surface area contributed by atoms with Crippen LogP contribution in [0.25, 0.3) is 0 Å². The molecule has 0 saturated carbocycles. The van der Waals surface area contributed by atoms with Crippen molar-refractivity contribution in [3.63, 3.8) is 0 Å². The molecule has 0 aliphatic carbocycles. The molecule has 0 aliphatic heterocycles. The Morgan fingerprint density at radius 3 is 2.35 bits per heavy atom. The molecule has 1 amide bonds. The summed E-state index contributed by atoms with van der Waals surface area (Å²) in [6, 6.07) is 20.4. The smallest absolute Gasteiger partial charge is 0.269 e. The van der Waals surface area contributed by atoms with Crippen molar-refractivity contribution in [1.82, 2.24) is 5.43 Å². The first-order valence-corrected chi connectivity index (χ1v) is 9.65. The maximum absolute atomic E-state index is 11.8. The molecule has 158 valence electrons. The quantitative estimate of drug-likeness (QED) is 0.293. The van der Waals surface area contributed by atoms with Crippen LogP contribution >= 0.6 is 11.6 Å². The van der Waals surface area contributed by atoms with Crippen molar-refractivity contribution >= 4 is 35.1 Å². The minimum Gasteiger partial charge on any atom is -0.489 e. The first kappa shape index (κ1) is 21.8. The fourth-order valence-corrected chi connectivity index (χ4v) is 2.63. The van der Waals surface area contributed by atoms with Crippen molar-refractivity contribution in [3.8, 4) is 5.75 Å². The van der Waals surface area contributed by atoms with Crippen LogP contribution in [0.15, 0.2) is 77.9 Å². The number of non-ortho nitro benzene ring substituents is 1. The predicted molar refractivity (Wildman–Crippen MR) is 120 cm³/mol. The molecule has 3 aromatic carbocycles. The molecule has 8 nitrogen and oxygen atoms in total. The van der Waals surface area contributed by atoms with Crippen LogP contribution in [-0.2, 0) is 11.4 Å². The summed E-state index contributed by atoms with van der Waals surface area (Å²) in [5.74, 6) is 0.362. The standard InChI is InChI=1S/C22H19ClN4O4/c23-18-5-7-19(8-6-18)24-14-22(28)26-25-13-16-3-11-21(12-4-16)31-15-17-1-9-20(10-2-17)27(29)30/h1-13,24H,14-15H2,(H,26,28)/b25-13-. The number of hydrazone groups is 1. The van der Waals surface area contributed by atoms with E-state index in [-0.39, 0.29) is 18.1 Å². The SMILES string of the molecule is O=C(CNc1ccc(Cl)cc1)N/N=C\c1ccc(OCc2ccc([N+](=O)[O-])cc2)cc1. The molecule has 0 fully saturated rings. The summed E-state index contributed by atoms with van der Waals surface area (Å²) in [4.78, 5) is 22.1. The van der Waals surface area contributed by atoms with Crippen LogP contribution < -0.4 is 15.5 Å². The number of rotatable bonds is 9. The topological polar surface area (TPSA) is 106 Å². The van der Waals surface area contributed by atoms with Crippen LogP contribution in [0.3, 0.4) is 0 Å². The van der Waals surface area contributed by atoms with E-state index in [0.29, 0.717) is 17.4 Å². The van der Waals surface area contributed by atoms with E-state index in [1.807, 2.05) is 0 Å². The molecule has 0 bridgehead atoms. The second kappa shape index (κ2) is 10.7. The van der Waals surface area contributed by atoms with Gasteiger partial charge in [-0.05, 0) is 71.8 Å². The third-order valence-electron chi connectivity index (χ3n) is 4.13. The van der Waals surface area contributed by atoms with E-state index in [9.17, 15) is 14.9 Å². The Balaban J connectivity index is 1.41. The minimum atomic E-state index is -0.441. The van der Waals surface area contributed by atoms with Crippen molar-refractivity contribution < 1.29 is 14.5 Å². The van der Waals surface area contributed by atoms with Crippen molar-refractivity contribution in [2.45, 2.75) is 6.61 Å². The minimum absolute atomic E-state index is 0.0419. The van der Waals surface area contributed by atoms with Gasteiger partial charge >= 0.3 is 0 Å². The summed E-state index contributed by atoms with van der Waals surface area (Å²) in [6.45, 7) is 0.372. The van der Waals surface area contributed by atoms with Crippen LogP contribution in [-0.4, -0.2) is 23.6 Å². The average molecular weight is 439 g/mol. The Kier molecular flexibility index (Phi) is 7.56. The van der Waals surface area contributed by atoms with Crippen LogP contribution in [0.4, 0.5) is 11.4 Å². The molecular formula is C22H19ClN4O4. The Hall–Kier alpha value is -3.91. The number of carbonyl (C=O) groups excluding carboxylic acids is 1. The number of hydrogen-bond acceptors (Lipinski definition) is 6. The van der Waals surface area contributed by atoms with Gasteiger partial charge in [0.05, 0.1) is 17.7 Å². The molecule has 2 N–H and O–H groups in total. The lowest BCUT2D eigenvalue weighted by Gasteiger charge is -2.06. The number of halogens is 1. The van der Waals surface area contributed by atoms with Gasteiger partial charge < -0.3 is 10.1 Å².